The maximum Gasteiger partial charge on any atom is 0.416 e. The molecule has 3 aromatic rings. The molecule has 4 N–H and O–H groups in total. The summed E-state index contributed by atoms with van der Waals surface area (Å²) >= 11 is 0. The van der Waals surface area contributed by atoms with Crippen molar-refractivity contribution in [3.05, 3.63) is 71.8 Å². The van der Waals surface area contributed by atoms with E-state index in [0.29, 0.717) is 6.54 Å². The molecule has 0 radical (unpaired) electrons. The third-order valence-electron chi connectivity index (χ3n) is 4.00. The van der Waals surface area contributed by atoms with Crippen LogP contribution in [0.3, 0.4) is 0 Å². The van der Waals surface area contributed by atoms with Crippen molar-refractivity contribution in [2.45, 2.75) is 12.7 Å². The normalized spacial score (nSPS) is 11.5. The Morgan fingerprint density at radius 1 is 0.920 bits per heavy atom. The highest BCUT2D eigenvalue weighted by Gasteiger charge is 2.30. The van der Waals surface area contributed by atoms with Crippen LogP contribution in [0.25, 0.3) is 21.9 Å². The number of nitrogens with one attached hydrogen (secondary N) is 2. The molecule has 0 saturated carbocycles. The van der Waals surface area contributed by atoms with E-state index in [1.165, 1.54) is 12.1 Å². The summed E-state index contributed by atoms with van der Waals surface area (Å²) < 4.78 is 38.2. The molecule has 6 heteroatoms. The third kappa shape index (κ3) is 3.57. The first-order chi connectivity index (χ1) is 11.9. The number of hydrogen-bond donors (Lipinski definition) is 3. The molecule has 3 nitrogen and oxygen atoms in total. The van der Waals surface area contributed by atoms with E-state index in [9.17, 15) is 13.2 Å². The number of alkyl halides is 3. The van der Waals surface area contributed by atoms with Gasteiger partial charge in [0.15, 0.2) is 5.96 Å². The Morgan fingerprint density at radius 3 is 2.20 bits per heavy atom. The Kier molecular flexibility index (Phi) is 4.35. The van der Waals surface area contributed by atoms with Gasteiger partial charge < -0.3 is 11.1 Å². The fourth-order valence-corrected chi connectivity index (χ4v) is 2.81. The third-order valence-corrected chi connectivity index (χ3v) is 4.00. The second-order valence-electron chi connectivity index (χ2n) is 5.66. The predicted molar refractivity (Wildman–Crippen MR) is 93.1 cm³/mol. The fourth-order valence-electron chi connectivity index (χ4n) is 2.81. The largest absolute Gasteiger partial charge is 0.416 e. The molecule has 0 aromatic heterocycles. The molecule has 0 aliphatic carbocycles. The summed E-state index contributed by atoms with van der Waals surface area (Å²) in [7, 11) is 0. The second-order valence-corrected chi connectivity index (χ2v) is 5.66. The van der Waals surface area contributed by atoms with Crippen molar-refractivity contribution in [1.29, 1.82) is 5.41 Å². The molecule has 0 aliphatic rings. The van der Waals surface area contributed by atoms with Crippen LogP contribution >= 0.6 is 0 Å². The molecule has 0 aliphatic heterocycles. The Morgan fingerprint density at radius 2 is 1.56 bits per heavy atom. The lowest BCUT2D eigenvalue weighted by molar-refractivity contribution is -0.137. The molecule has 0 amide bonds. The Labute approximate surface area is 142 Å². The van der Waals surface area contributed by atoms with E-state index in [1.807, 2.05) is 36.4 Å². The minimum atomic E-state index is -4.34. The van der Waals surface area contributed by atoms with E-state index < -0.39 is 11.7 Å². The lowest BCUT2D eigenvalue weighted by atomic mass is 9.95. The molecule has 0 unspecified atom stereocenters. The topological polar surface area (TPSA) is 61.9 Å². The molecule has 3 rings (SSSR count). The van der Waals surface area contributed by atoms with Gasteiger partial charge >= 0.3 is 6.18 Å². The van der Waals surface area contributed by atoms with Crippen LogP contribution in [0.15, 0.2) is 60.7 Å². The highest BCUT2D eigenvalue weighted by atomic mass is 19.4. The van der Waals surface area contributed by atoms with Crippen LogP contribution in [-0.2, 0) is 12.7 Å². The Bertz CT molecular complexity index is 915. The van der Waals surface area contributed by atoms with Crippen molar-refractivity contribution >= 4 is 16.7 Å². The van der Waals surface area contributed by atoms with Gasteiger partial charge in [-0.1, -0.05) is 48.5 Å². The van der Waals surface area contributed by atoms with Crippen molar-refractivity contribution in [3.63, 3.8) is 0 Å². The number of nitrogens with two attached hydrogens (primary N) is 1. The fraction of sp³-hybridized carbons (Fsp3) is 0.105. The standard InChI is InChI=1S/C19H16F3N3/c20-19(21,22)14-9-7-12(8-10-14)15-4-2-5-16-13(11-25-18(23)24)3-1-6-17(15)16/h1-10H,11H2,(H4,23,24,25). The molecular formula is C19H16F3N3. The Hall–Kier alpha value is -3.02. The molecule has 0 bridgehead atoms. The van der Waals surface area contributed by atoms with Gasteiger partial charge in [0.25, 0.3) is 0 Å². The number of guanidine groups is 1. The zero-order valence-electron chi connectivity index (χ0n) is 13.2. The molecule has 0 heterocycles. The van der Waals surface area contributed by atoms with Crippen LogP contribution in [0.5, 0.6) is 0 Å². The zero-order chi connectivity index (χ0) is 18.0. The lowest BCUT2D eigenvalue weighted by Gasteiger charge is -2.12. The van der Waals surface area contributed by atoms with Gasteiger partial charge in [-0.2, -0.15) is 13.2 Å². The number of halogens is 3. The first-order valence-electron chi connectivity index (χ1n) is 7.62. The number of rotatable bonds is 3. The van der Waals surface area contributed by atoms with E-state index in [2.05, 4.69) is 5.32 Å². The Balaban J connectivity index is 2.05. The minimum absolute atomic E-state index is 0.115. The molecule has 3 aromatic carbocycles. The molecule has 0 saturated heterocycles. The number of fused-ring (bicyclic) bond motifs is 1. The smallest absolute Gasteiger partial charge is 0.370 e. The molecule has 25 heavy (non-hydrogen) atoms. The lowest BCUT2D eigenvalue weighted by Crippen LogP contribution is -2.29. The van der Waals surface area contributed by atoms with Gasteiger partial charge in [0.1, 0.15) is 0 Å². The summed E-state index contributed by atoms with van der Waals surface area (Å²) in [6.45, 7) is 0.406. The SMILES string of the molecule is N=C(N)NCc1cccc2c(-c3ccc(C(F)(F)F)cc3)cccc12. The summed E-state index contributed by atoms with van der Waals surface area (Å²) in [6, 6.07) is 16.6. The van der Waals surface area contributed by atoms with Crippen molar-refractivity contribution in [2.75, 3.05) is 0 Å². The van der Waals surface area contributed by atoms with Gasteiger partial charge in [0.05, 0.1) is 5.56 Å². The van der Waals surface area contributed by atoms with Gasteiger partial charge in [-0.25, -0.2) is 0 Å². The molecule has 0 fully saturated rings. The average molecular weight is 343 g/mol. The average Bonchev–Trinajstić information content (AvgIpc) is 2.58. The van der Waals surface area contributed by atoms with E-state index >= 15 is 0 Å². The summed E-state index contributed by atoms with van der Waals surface area (Å²) in [5.74, 6) is -0.115. The molecule has 128 valence electrons. The monoisotopic (exact) mass is 343 g/mol. The summed E-state index contributed by atoms with van der Waals surface area (Å²) in [4.78, 5) is 0. The van der Waals surface area contributed by atoms with Gasteiger partial charge in [-0.15, -0.1) is 0 Å². The molecule has 0 atom stereocenters. The van der Waals surface area contributed by atoms with Crippen molar-refractivity contribution in [1.82, 2.24) is 5.32 Å². The molecular weight excluding hydrogens is 327 g/mol. The quantitative estimate of drug-likeness (QED) is 0.484. The number of benzene rings is 3. The van der Waals surface area contributed by atoms with Crippen LogP contribution in [-0.4, -0.2) is 5.96 Å². The van der Waals surface area contributed by atoms with E-state index in [0.717, 1.165) is 39.6 Å². The van der Waals surface area contributed by atoms with Crippen molar-refractivity contribution in [3.8, 4) is 11.1 Å². The zero-order valence-corrected chi connectivity index (χ0v) is 13.2. The summed E-state index contributed by atoms with van der Waals surface area (Å²) in [5, 5.41) is 11.9. The van der Waals surface area contributed by atoms with E-state index in [4.69, 9.17) is 11.1 Å². The van der Waals surface area contributed by atoms with Crippen molar-refractivity contribution < 1.29 is 13.2 Å². The first kappa shape index (κ1) is 16.8. The maximum absolute atomic E-state index is 12.7. The minimum Gasteiger partial charge on any atom is -0.370 e. The predicted octanol–water partition coefficient (Wildman–Crippen LogP) is 4.51. The summed E-state index contributed by atoms with van der Waals surface area (Å²) in [5.41, 5.74) is 7.21. The van der Waals surface area contributed by atoms with Crippen molar-refractivity contribution in [2.24, 2.45) is 5.73 Å². The molecule has 0 spiro atoms. The maximum atomic E-state index is 12.7. The van der Waals surface area contributed by atoms with Gasteiger partial charge in [0.2, 0.25) is 0 Å². The highest BCUT2D eigenvalue weighted by molar-refractivity contribution is 5.98. The van der Waals surface area contributed by atoms with Crippen LogP contribution in [0.1, 0.15) is 11.1 Å². The summed E-state index contributed by atoms with van der Waals surface area (Å²) in [6.07, 6.45) is -4.34. The first-order valence-corrected chi connectivity index (χ1v) is 7.62. The van der Waals surface area contributed by atoms with Gasteiger partial charge in [-0.3, -0.25) is 5.41 Å². The number of hydrogen-bond acceptors (Lipinski definition) is 1. The van der Waals surface area contributed by atoms with Gasteiger partial charge in [0, 0.05) is 6.54 Å². The van der Waals surface area contributed by atoms with E-state index in [-0.39, 0.29) is 5.96 Å². The van der Waals surface area contributed by atoms with E-state index in [1.54, 1.807) is 0 Å². The van der Waals surface area contributed by atoms with Crippen LogP contribution in [0, 0.1) is 5.41 Å². The highest BCUT2D eigenvalue weighted by Crippen LogP contribution is 2.34. The van der Waals surface area contributed by atoms with Crippen LogP contribution in [0.4, 0.5) is 13.2 Å². The van der Waals surface area contributed by atoms with Crippen LogP contribution < -0.4 is 11.1 Å². The second kappa shape index (κ2) is 6.47. The van der Waals surface area contributed by atoms with Crippen LogP contribution in [0.2, 0.25) is 0 Å². The van der Waals surface area contributed by atoms with Gasteiger partial charge in [-0.05, 0) is 39.6 Å².